The summed E-state index contributed by atoms with van der Waals surface area (Å²) in [5, 5.41) is 12.5. The number of pyridine rings is 1. The van der Waals surface area contributed by atoms with E-state index in [-0.39, 0.29) is 0 Å². The van der Waals surface area contributed by atoms with Gasteiger partial charge in [-0.25, -0.2) is 4.98 Å². The molecule has 0 unspecified atom stereocenters. The van der Waals surface area contributed by atoms with Gasteiger partial charge in [0.05, 0.1) is 5.56 Å². The molecule has 0 atom stereocenters. The lowest BCUT2D eigenvalue weighted by Crippen LogP contribution is -2.21. The molecule has 0 aliphatic heterocycles. The summed E-state index contributed by atoms with van der Waals surface area (Å²) in [6.07, 6.45) is 7.02. The molecule has 1 saturated carbocycles. The van der Waals surface area contributed by atoms with Crippen LogP contribution in [0.4, 0.5) is 5.82 Å². The Morgan fingerprint density at radius 1 is 1.39 bits per heavy atom. The summed E-state index contributed by atoms with van der Waals surface area (Å²) in [4.78, 5) is 4.28. The Kier molecular flexibility index (Phi) is 4.19. The fourth-order valence-electron chi connectivity index (χ4n) is 2.61. The quantitative estimate of drug-likeness (QED) is 0.884. The lowest BCUT2D eigenvalue weighted by atomic mass is 9.83. The van der Waals surface area contributed by atoms with Crippen LogP contribution in [0.25, 0.3) is 0 Å². The minimum Gasteiger partial charge on any atom is -0.369 e. The minimum atomic E-state index is 0.682. The van der Waals surface area contributed by atoms with Crippen molar-refractivity contribution in [3.63, 3.8) is 0 Å². The first kappa shape index (κ1) is 12.9. The first-order chi connectivity index (χ1) is 8.70. The van der Waals surface area contributed by atoms with E-state index in [1.807, 2.05) is 13.0 Å². The first-order valence-corrected chi connectivity index (χ1v) is 6.80. The van der Waals surface area contributed by atoms with E-state index in [0.717, 1.165) is 29.8 Å². The van der Waals surface area contributed by atoms with Crippen molar-refractivity contribution in [1.29, 1.82) is 5.26 Å². The summed E-state index contributed by atoms with van der Waals surface area (Å²) in [5.74, 6) is 2.36. The highest BCUT2D eigenvalue weighted by Crippen LogP contribution is 2.28. The summed E-state index contributed by atoms with van der Waals surface area (Å²) in [6.45, 7) is 5.23. The van der Waals surface area contributed by atoms with E-state index in [1.54, 1.807) is 6.20 Å². The fourth-order valence-corrected chi connectivity index (χ4v) is 2.61. The molecule has 1 heterocycles. The fraction of sp³-hybridized carbons (Fsp3) is 0.600. The molecule has 1 fully saturated rings. The molecular formula is C15H21N3. The lowest BCUT2D eigenvalue weighted by molar-refractivity contribution is 0.300. The van der Waals surface area contributed by atoms with Crippen LogP contribution >= 0.6 is 0 Å². The first-order valence-electron chi connectivity index (χ1n) is 6.80. The van der Waals surface area contributed by atoms with Crippen molar-refractivity contribution < 1.29 is 0 Å². The molecule has 0 saturated heterocycles. The van der Waals surface area contributed by atoms with Crippen LogP contribution in [0.2, 0.25) is 0 Å². The Balaban J connectivity index is 1.95. The highest BCUT2D eigenvalue weighted by molar-refractivity contribution is 5.55. The number of nitrogens with zero attached hydrogens (tertiary/aromatic N) is 2. The monoisotopic (exact) mass is 243 g/mol. The third kappa shape index (κ3) is 3.01. The van der Waals surface area contributed by atoms with E-state index in [0.29, 0.717) is 5.56 Å². The van der Waals surface area contributed by atoms with E-state index >= 15 is 0 Å². The predicted molar refractivity (Wildman–Crippen MR) is 73.3 cm³/mol. The van der Waals surface area contributed by atoms with Gasteiger partial charge in [-0.15, -0.1) is 0 Å². The summed E-state index contributed by atoms with van der Waals surface area (Å²) < 4.78 is 0. The smallest absolute Gasteiger partial charge is 0.144 e. The largest absolute Gasteiger partial charge is 0.369 e. The number of nitrogens with one attached hydrogen (secondary N) is 1. The molecule has 3 heteroatoms. The molecule has 18 heavy (non-hydrogen) atoms. The number of hydrogen-bond acceptors (Lipinski definition) is 3. The van der Waals surface area contributed by atoms with Crippen molar-refractivity contribution in [2.45, 2.75) is 39.5 Å². The van der Waals surface area contributed by atoms with Crippen LogP contribution in [0.3, 0.4) is 0 Å². The zero-order valence-electron chi connectivity index (χ0n) is 11.2. The van der Waals surface area contributed by atoms with Gasteiger partial charge in [0, 0.05) is 12.7 Å². The Morgan fingerprint density at radius 3 is 2.78 bits per heavy atom. The zero-order valence-corrected chi connectivity index (χ0v) is 11.2. The van der Waals surface area contributed by atoms with Crippen LogP contribution in [-0.4, -0.2) is 11.5 Å². The van der Waals surface area contributed by atoms with Gasteiger partial charge in [0.1, 0.15) is 11.9 Å². The maximum absolute atomic E-state index is 9.14. The average Bonchev–Trinajstić information content (AvgIpc) is 2.38. The number of aromatic nitrogens is 1. The third-order valence-corrected chi connectivity index (χ3v) is 3.96. The summed E-state index contributed by atoms with van der Waals surface area (Å²) in [7, 11) is 0. The highest BCUT2D eigenvalue weighted by atomic mass is 15.0. The van der Waals surface area contributed by atoms with Crippen LogP contribution in [0.15, 0.2) is 12.3 Å². The van der Waals surface area contributed by atoms with Gasteiger partial charge in [-0.1, -0.05) is 19.8 Å². The molecule has 1 aromatic heterocycles. The van der Waals surface area contributed by atoms with Crippen molar-refractivity contribution in [1.82, 2.24) is 4.98 Å². The predicted octanol–water partition coefficient (Wildman–Crippen LogP) is 3.50. The molecule has 0 radical (unpaired) electrons. The zero-order chi connectivity index (χ0) is 13.0. The second kappa shape index (κ2) is 5.86. The van der Waals surface area contributed by atoms with Crippen molar-refractivity contribution in [3.05, 3.63) is 23.4 Å². The second-order valence-electron chi connectivity index (χ2n) is 5.47. The molecular weight excluding hydrogens is 222 g/mol. The topological polar surface area (TPSA) is 48.7 Å². The van der Waals surface area contributed by atoms with E-state index in [4.69, 9.17) is 5.26 Å². The molecule has 1 aliphatic rings. The van der Waals surface area contributed by atoms with Gasteiger partial charge < -0.3 is 5.32 Å². The number of nitriles is 1. The van der Waals surface area contributed by atoms with Gasteiger partial charge in [0.25, 0.3) is 0 Å². The Hall–Kier alpha value is -1.56. The maximum Gasteiger partial charge on any atom is 0.144 e. The average molecular weight is 243 g/mol. The molecule has 1 N–H and O–H groups in total. The SMILES string of the molecule is Cc1ccnc(NCC2CCC(C)CC2)c1C#N. The summed E-state index contributed by atoms with van der Waals surface area (Å²) in [6, 6.07) is 4.11. The Bertz CT molecular complexity index is 440. The van der Waals surface area contributed by atoms with Crippen LogP contribution in [0, 0.1) is 30.1 Å². The lowest BCUT2D eigenvalue weighted by Gasteiger charge is -2.26. The maximum atomic E-state index is 9.14. The molecule has 1 aliphatic carbocycles. The molecule has 96 valence electrons. The van der Waals surface area contributed by atoms with Crippen molar-refractivity contribution in [2.24, 2.45) is 11.8 Å². The van der Waals surface area contributed by atoms with E-state index in [2.05, 4.69) is 23.3 Å². The molecule has 0 aromatic carbocycles. The van der Waals surface area contributed by atoms with E-state index in [9.17, 15) is 0 Å². The van der Waals surface area contributed by atoms with Crippen LogP contribution < -0.4 is 5.32 Å². The Labute approximate surface area is 109 Å². The molecule has 0 amide bonds. The van der Waals surface area contributed by atoms with Crippen molar-refractivity contribution >= 4 is 5.82 Å². The van der Waals surface area contributed by atoms with Crippen LogP contribution in [0.5, 0.6) is 0 Å². The standard InChI is InChI=1S/C15H21N3/c1-11-3-5-13(6-4-11)10-18-15-14(9-16)12(2)7-8-17-15/h7-8,11,13H,3-6,10H2,1-2H3,(H,17,18). The normalized spacial score (nSPS) is 23.4. The summed E-state index contributed by atoms with van der Waals surface area (Å²) in [5.41, 5.74) is 1.67. The summed E-state index contributed by atoms with van der Waals surface area (Å²) >= 11 is 0. The van der Waals surface area contributed by atoms with E-state index in [1.165, 1.54) is 25.7 Å². The van der Waals surface area contributed by atoms with Gasteiger partial charge >= 0.3 is 0 Å². The Morgan fingerprint density at radius 2 is 2.11 bits per heavy atom. The van der Waals surface area contributed by atoms with E-state index < -0.39 is 0 Å². The number of hydrogen-bond donors (Lipinski definition) is 1. The minimum absolute atomic E-state index is 0.682. The van der Waals surface area contributed by atoms with Gasteiger partial charge in [-0.3, -0.25) is 0 Å². The van der Waals surface area contributed by atoms with Crippen LogP contribution in [0.1, 0.15) is 43.7 Å². The molecule has 2 rings (SSSR count). The van der Waals surface area contributed by atoms with Crippen molar-refractivity contribution in [3.8, 4) is 6.07 Å². The van der Waals surface area contributed by atoms with Gasteiger partial charge in [0.2, 0.25) is 0 Å². The highest BCUT2D eigenvalue weighted by Gasteiger charge is 2.18. The molecule has 1 aromatic rings. The number of rotatable bonds is 3. The molecule has 0 bridgehead atoms. The molecule has 3 nitrogen and oxygen atoms in total. The second-order valence-corrected chi connectivity index (χ2v) is 5.47. The van der Waals surface area contributed by atoms with Gasteiger partial charge in [-0.2, -0.15) is 5.26 Å². The molecule has 0 spiro atoms. The van der Waals surface area contributed by atoms with Gasteiger partial charge in [-0.05, 0) is 43.2 Å². The third-order valence-electron chi connectivity index (χ3n) is 3.96. The van der Waals surface area contributed by atoms with Crippen LogP contribution in [-0.2, 0) is 0 Å². The number of aryl methyl sites for hydroxylation is 1. The van der Waals surface area contributed by atoms with Gasteiger partial charge in [0.15, 0.2) is 0 Å². The van der Waals surface area contributed by atoms with Crippen molar-refractivity contribution in [2.75, 3.05) is 11.9 Å². The number of anilines is 1.